The summed E-state index contributed by atoms with van der Waals surface area (Å²) in [7, 11) is -2.02. The van der Waals surface area contributed by atoms with Gasteiger partial charge in [-0.25, -0.2) is 8.42 Å². The van der Waals surface area contributed by atoms with Crippen molar-refractivity contribution in [1.82, 2.24) is 4.31 Å². The molecule has 1 atom stereocenters. The van der Waals surface area contributed by atoms with Gasteiger partial charge < -0.3 is 10.5 Å². The van der Waals surface area contributed by atoms with Gasteiger partial charge in [0.25, 0.3) is 0 Å². The van der Waals surface area contributed by atoms with E-state index < -0.39 is 10.0 Å². The smallest absolute Gasteiger partial charge is 0.243 e. The van der Waals surface area contributed by atoms with Crippen molar-refractivity contribution < 1.29 is 13.2 Å². The number of nitrogens with two attached hydrogens (primary N) is 1. The number of ether oxygens (including phenoxy) is 1. The molecule has 1 fully saturated rings. The molecule has 1 aliphatic heterocycles. The Hall–Kier alpha value is -0.530. The number of halogens is 2. The molecule has 1 unspecified atom stereocenters. The maximum atomic E-state index is 12.7. The van der Waals surface area contributed by atoms with Crippen LogP contribution in [0.4, 0.5) is 0 Å². The largest absolute Gasteiger partial charge is 0.495 e. The molecule has 1 aromatic carbocycles. The molecule has 5 nitrogen and oxygen atoms in total. The summed E-state index contributed by atoms with van der Waals surface area (Å²) in [4.78, 5) is 0.237. The van der Waals surface area contributed by atoms with Crippen LogP contribution in [-0.4, -0.2) is 39.5 Å². The van der Waals surface area contributed by atoms with Crippen LogP contribution in [0.15, 0.2) is 17.0 Å². The Morgan fingerprint density at radius 1 is 1.48 bits per heavy atom. The van der Waals surface area contributed by atoms with E-state index in [0.29, 0.717) is 36.0 Å². The molecule has 1 aromatic rings. The molecular weight excluding hydrogens is 335 g/mol. The lowest BCUT2D eigenvalue weighted by Gasteiger charge is -2.18. The topological polar surface area (TPSA) is 72.6 Å². The fraction of sp³-hybridized carbons (Fsp3) is 0.538. The van der Waals surface area contributed by atoms with Gasteiger partial charge in [0.05, 0.1) is 17.0 Å². The number of hydrogen-bond acceptors (Lipinski definition) is 4. The molecule has 2 N–H and O–H groups in total. The molecule has 0 amide bonds. The fourth-order valence-corrected chi connectivity index (χ4v) is 4.49. The minimum atomic E-state index is -3.52. The zero-order chi connectivity index (χ0) is 14.9. The van der Waals surface area contributed by atoms with E-state index in [9.17, 15) is 8.42 Å². The predicted molar refractivity (Wildman–Crippen MR) is 85.9 cm³/mol. The first-order valence-electron chi connectivity index (χ1n) is 6.44. The number of hydrogen-bond donors (Lipinski definition) is 1. The molecule has 0 radical (unpaired) electrons. The van der Waals surface area contributed by atoms with Gasteiger partial charge in [0.15, 0.2) is 0 Å². The van der Waals surface area contributed by atoms with Crippen LogP contribution < -0.4 is 10.5 Å². The molecule has 0 aromatic heterocycles. The highest BCUT2D eigenvalue weighted by Gasteiger charge is 2.33. The first kappa shape index (κ1) is 18.5. The van der Waals surface area contributed by atoms with Gasteiger partial charge in [-0.2, -0.15) is 4.31 Å². The van der Waals surface area contributed by atoms with Crippen molar-refractivity contribution >= 4 is 34.0 Å². The highest BCUT2D eigenvalue weighted by Crippen LogP contribution is 2.33. The van der Waals surface area contributed by atoms with Crippen LogP contribution >= 0.6 is 24.0 Å². The van der Waals surface area contributed by atoms with E-state index in [1.165, 1.54) is 17.5 Å². The van der Waals surface area contributed by atoms with E-state index in [1.807, 2.05) is 0 Å². The van der Waals surface area contributed by atoms with Gasteiger partial charge >= 0.3 is 0 Å². The summed E-state index contributed by atoms with van der Waals surface area (Å²) >= 11 is 6.04. The lowest BCUT2D eigenvalue weighted by molar-refractivity contribution is 0.414. The van der Waals surface area contributed by atoms with Gasteiger partial charge in [-0.3, -0.25) is 0 Å². The summed E-state index contributed by atoms with van der Waals surface area (Å²) in [5.74, 6) is 0.711. The number of rotatable bonds is 4. The fourth-order valence-electron chi connectivity index (χ4n) is 2.42. The minimum Gasteiger partial charge on any atom is -0.495 e. The van der Waals surface area contributed by atoms with Crippen molar-refractivity contribution in [3.8, 4) is 5.75 Å². The van der Waals surface area contributed by atoms with E-state index in [0.717, 1.165) is 6.42 Å². The monoisotopic (exact) mass is 354 g/mol. The Bertz CT molecular complexity index is 608. The second-order valence-corrected chi connectivity index (χ2v) is 7.32. The molecule has 0 spiro atoms. The van der Waals surface area contributed by atoms with E-state index >= 15 is 0 Å². The van der Waals surface area contributed by atoms with Crippen molar-refractivity contribution in [2.75, 3.05) is 26.7 Å². The van der Waals surface area contributed by atoms with E-state index in [-0.39, 0.29) is 23.2 Å². The summed E-state index contributed by atoms with van der Waals surface area (Å²) in [5, 5.41) is 0.297. The van der Waals surface area contributed by atoms with E-state index in [4.69, 9.17) is 22.1 Å². The molecule has 2 rings (SSSR count). The maximum absolute atomic E-state index is 12.7. The molecule has 0 aliphatic carbocycles. The van der Waals surface area contributed by atoms with Gasteiger partial charge in [-0.15, -0.1) is 12.4 Å². The molecule has 120 valence electrons. The lowest BCUT2D eigenvalue weighted by Crippen LogP contribution is -2.30. The van der Waals surface area contributed by atoms with Crippen LogP contribution in [0.25, 0.3) is 0 Å². The van der Waals surface area contributed by atoms with Crippen LogP contribution in [0.3, 0.4) is 0 Å². The third-order valence-electron chi connectivity index (χ3n) is 3.65. The number of sulfonamides is 1. The van der Waals surface area contributed by atoms with Gasteiger partial charge in [-0.05, 0) is 43.5 Å². The summed E-state index contributed by atoms with van der Waals surface area (Å²) in [6.45, 7) is 3.23. The van der Waals surface area contributed by atoms with Crippen LogP contribution in [0.2, 0.25) is 5.02 Å². The molecule has 1 saturated heterocycles. The normalized spacial score (nSPS) is 19.3. The van der Waals surface area contributed by atoms with Crippen molar-refractivity contribution in [2.45, 2.75) is 18.2 Å². The Morgan fingerprint density at radius 2 is 2.14 bits per heavy atom. The van der Waals surface area contributed by atoms with E-state index in [2.05, 4.69) is 0 Å². The van der Waals surface area contributed by atoms with Crippen LogP contribution in [0.5, 0.6) is 5.75 Å². The average Bonchev–Trinajstić information content (AvgIpc) is 2.90. The summed E-state index contributed by atoms with van der Waals surface area (Å²) in [6, 6.07) is 3.10. The molecule has 0 bridgehead atoms. The second kappa shape index (κ2) is 7.15. The first-order chi connectivity index (χ1) is 9.40. The number of methoxy groups -OCH3 is 1. The molecule has 0 saturated carbocycles. The lowest BCUT2D eigenvalue weighted by atomic mass is 10.1. The first-order valence-corrected chi connectivity index (χ1v) is 8.26. The Labute approximate surface area is 136 Å². The van der Waals surface area contributed by atoms with Gasteiger partial charge in [0.2, 0.25) is 10.0 Å². The van der Waals surface area contributed by atoms with Gasteiger partial charge in [0, 0.05) is 13.1 Å². The molecule has 21 heavy (non-hydrogen) atoms. The number of benzene rings is 1. The second-order valence-electron chi connectivity index (χ2n) is 5.01. The summed E-state index contributed by atoms with van der Waals surface area (Å²) in [6.07, 6.45) is 0.804. The quantitative estimate of drug-likeness (QED) is 0.897. The maximum Gasteiger partial charge on any atom is 0.243 e. The Morgan fingerprint density at radius 3 is 2.67 bits per heavy atom. The predicted octanol–water partition coefficient (Wildman–Crippen LogP) is 2.05. The standard InChI is InChI=1S/C13H19ClN2O3S.ClH/c1-9-5-12(19-2)11(14)6-13(9)20(17,18)16-4-3-10(7-15)8-16;/h5-6,10H,3-4,7-8,15H2,1-2H3;1H. The SMILES string of the molecule is COc1cc(C)c(S(=O)(=O)N2CCC(CN)C2)cc1Cl.Cl. The molecular formula is C13H20Cl2N2O3S. The Kier molecular flexibility index (Phi) is 6.31. The zero-order valence-electron chi connectivity index (χ0n) is 12.0. The van der Waals surface area contributed by atoms with Crippen LogP contribution in [0.1, 0.15) is 12.0 Å². The van der Waals surface area contributed by atoms with Crippen molar-refractivity contribution in [3.05, 3.63) is 22.7 Å². The summed E-state index contributed by atoms with van der Waals surface area (Å²) < 4.78 is 31.9. The summed E-state index contributed by atoms with van der Waals surface area (Å²) in [5.41, 5.74) is 6.24. The van der Waals surface area contributed by atoms with E-state index in [1.54, 1.807) is 13.0 Å². The Balaban J connectivity index is 0.00000220. The van der Waals surface area contributed by atoms with Crippen LogP contribution in [-0.2, 0) is 10.0 Å². The van der Waals surface area contributed by atoms with Crippen molar-refractivity contribution in [3.63, 3.8) is 0 Å². The number of nitrogens with zero attached hydrogens (tertiary/aromatic N) is 1. The molecule has 1 heterocycles. The average molecular weight is 355 g/mol. The highest BCUT2D eigenvalue weighted by molar-refractivity contribution is 7.89. The molecule has 8 heteroatoms. The van der Waals surface area contributed by atoms with Gasteiger partial charge in [0.1, 0.15) is 5.75 Å². The molecule has 1 aliphatic rings. The minimum absolute atomic E-state index is 0. The van der Waals surface area contributed by atoms with Gasteiger partial charge in [-0.1, -0.05) is 11.6 Å². The van der Waals surface area contributed by atoms with Crippen LogP contribution in [0, 0.1) is 12.8 Å². The third-order valence-corrected chi connectivity index (χ3v) is 5.95. The highest BCUT2D eigenvalue weighted by atomic mass is 35.5. The van der Waals surface area contributed by atoms with Crippen molar-refractivity contribution in [1.29, 1.82) is 0 Å². The third kappa shape index (κ3) is 3.63. The number of aryl methyl sites for hydroxylation is 1. The zero-order valence-corrected chi connectivity index (χ0v) is 14.4. The van der Waals surface area contributed by atoms with Crippen molar-refractivity contribution in [2.24, 2.45) is 11.7 Å².